The number of nitriles is 1. The minimum absolute atomic E-state index is 0.149. The first-order chi connectivity index (χ1) is 6.22. The average Bonchev–Trinajstić information content (AvgIpc) is 2.14. The highest BCUT2D eigenvalue weighted by Gasteiger charge is 2.10. The summed E-state index contributed by atoms with van der Waals surface area (Å²) in [6, 6.07) is 1.53. The highest BCUT2D eigenvalue weighted by molar-refractivity contribution is 5.81. The lowest BCUT2D eigenvalue weighted by Gasteiger charge is -2.10. The molecule has 4 heteroatoms. The zero-order valence-electron chi connectivity index (χ0n) is 8.05. The Morgan fingerprint density at radius 2 is 2.38 bits per heavy atom. The van der Waals surface area contributed by atoms with Crippen LogP contribution in [-0.2, 0) is 4.79 Å². The third kappa shape index (κ3) is 6.12. The minimum Gasteiger partial charge on any atom is -0.354 e. The molecule has 0 bridgehead atoms. The predicted octanol–water partition coefficient (Wildman–Crippen LogP) is 0.534. The first kappa shape index (κ1) is 11.9. The van der Waals surface area contributed by atoms with Gasteiger partial charge < -0.3 is 11.1 Å². The van der Waals surface area contributed by atoms with Gasteiger partial charge in [0.25, 0.3) is 0 Å². The number of unbranched alkanes of at least 4 members (excludes halogenated alkanes) is 1. The summed E-state index contributed by atoms with van der Waals surface area (Å²) < 4.78 is 0. The predicted molar refractivity (Wildman–Crippen MR) is 50.7 cm³/mol. The van der Waals surface area contributed by atoms with Crippen LogP contribution in [0.3, 0.4) is 0 Å². The smallest absolute Gasteiger partial charge is 0.236 e. The molecule has 74 valence electrons. The van der Waals surface area contributed by atoms with Gasteiger partial charge in [0.2, 0.25) is 5.91 Å². The molecule has 0 aliphatic rings. The van der Waals surface area contributed by atoms with Crippen LogP contribution >= 0.6 is 0 Å². The molecule has 0 aliphatic carbocycles. The van der Waals surface area contributed by atoms with Crippen LogP contribution in [0.2, 0.25) is 0 Å². The summed E-state index contributed by atoms with van der Waals surface area (Å²) in [7, 11) is 0. The Kier molecular flexibility index (Phi) is 6.93. The van der Waals surface area contributed by atoms with Crippen LogP contribution in [0.5, 0.6) is 0 Å². The van der Waals surface area contributed by atoms with Crippen LogP contribution in [0.4, 0.5) is 0 Å². The molecule has 0 aliphatic heterocycles. The van der Waals surface area contributed by atoms with E-state index in [1.54, 1.807) is 0 Å². The van der Waals surface area contributed by atoms with Crippen molar-refractivity contribution in [1.29, 1.82) is 5.26 Å². The van der Waals surface area contributed by atoms with E-state index in [-0.39, 0.29) is 5.91 Å². The molecule has 0 radical (unpaired) electrons. The normalized spacial score (nSPS) is 11.8. The Bertz CT molecular complexity index is 186. The average molecular weight is 183 g/mol. The second kappa shape index (κ2) is 7.56. The number of hydrogen-bond acceptors (Lipinski definition) is 3. The first-order valence-corrected chi connectivity index (χ1v) is 4.62. The molecule has 0 saturated heterocycles. The number of carbonyl (C=O) groups is 1. The highest BCUT2D eigenvalue weighted by Crippen LogP contribution is 1.97. The van der Waals surface area contributed by atoms with Crippen LogP contribution in [0, 0.1) is 11.3 Å². The van der Waals surface area contributed by atoms with Gasteiger partial charge in [0.1, 0.15) is 0 Å². The van der Waals surface area contributed by atoms with Gasteiger partial charge in [0, 0.05) is 6.54 Å². The molecule has 13 heavy (non-hydrogen) atoms. The van der Waals surface area contributed by atoms with Gasteiger partial charge in [0.05, 0.1) is 18.5 Å². The van der Waals surface area contributed by atoms with E-state index in [0.29, 0.717) is 13.0 Å². The molecule has 0 aromatic carbocycles. The van der Waals surface area contributed by atoms with E-state index >= 15 is 0 Å². The van der Waals surface area contributed by atoms with Crippen LogP contribution < -0.4 is 11.1 Å². The van der Waals surface area contributed by atoms with Gasteiger partial charge in [-0.2, -0.15) is 5.26 Å². The van der Waals surface area contributed by atoms with Crippen molar-refractivity contribution in [1.82, 2.24) is 5.32 Å². The largest absolute Gasteiger partial charge is 0.354 e. The van der Waals surface area contributed by atoms with Crippen molar-refractivity contribution in [2.75, 3.05) is 6.54 Å². The molecule has 0 heterocycles. The number of amides is 1. The van der Waals surface area contributed by atoms with Gasteiger partial charge in [0.15, 0.2) is 0 Å². The molecular formula is C9H17N3O. The van der Waals surface area contributed by atoms with Crippen molar-refractivity contribution >= 4 is 5.91 Å². The van der Waals surface area contributed by atoms with Gasteiger partial charge in [-0.1, -0.05) is 19.8 Å². The lowest BCUT2D eigenvalue weighted by Crippen LogP contribution is -2.40. The Hall–Kier alpha value is -1.08. The van der Waals surface area contributed by atoms with Gasteiger partial charge in [-0.25, -0.2) is 0 Å². The highest BCUT2D eigenvalue weighted by atomic mass is 16.2. The van der Waals surface area contributed by atoms with Crippen LogP contribution in [-0.4, -0.2) is 18.5 Å². The summed E-state index contributed by atoms with van der Waals surface area (Å²) in [6.07, 6.45) is 3.06. The van der Waals surface area contributed by atoms with E-state index < -0.39 is 6.04 Å². The fourth-order valence-corrected chi connectivity index (χ4v) is 0.928. The Balaban J connectivity index is 3.52. The van der Waals surface area contributed by atoms with Crippen molar-refractivity contribution in [2.45, 2.75) is 38.6 Å². The fraction of sp³-hybridized carbons (Fsp3) is 0.778. The molecule has 0 saturated carbocycles. The van der Waals surface area contributed by atoms with Gasteiger partial charge in [-0.05, 0) is 6.42 Å². The van der Waals surface area contributed by atoms with Gasteiger partial charge >= 0.3 is 0 Å². The minimum atomic E-state index is -0.418. The zero-order chi connectivity index (χ0) is 10.1. The number of nitrogens with two attached hydrogens (primary N) is 1. The third-order valence-corrected chi connectivity index (χ3v) is 1.74. The molecule has 1 atom stereocenters. The number of rotatable bonds is 6. The van der Waals surface area contributed by atoms with Gasteiger partial charge in [-0.3, -0.25) is 4.79 Å². The van der Waals surface area contributed by atoms with Gasteiger partial charge in [-0.15, -0.1) is 0 Å². The molecule has 0 spiro atoms. The molecule has 0 fully saturated rings. The molecule has 0 rings (SSSR count). The summed E-state index contributed by atoms with van der Waals surface area (Å²) in [5, 5.41) is 10.8. The summed E-state index contributed by atoms with van der Waals surface area (Å²) in [4.78, 5) is 11.2. The number of carbonyl (C=O) groups excluding carboxylic acids is 1. The van der Waals surface area contributed by atoms with Crippen molar-refractivity contribution < 1.29 is 4.79 Å². The fourth-order valence-electron chi connectivity index (χ4n) is 0.928. The summed E-state index contributed by atoms with van der Waals surface area (Å²) in [6.45, 7) is 2.45. The molecule has 1 unspecified atom stereocenters. The van der Waals surface area contributed by atoms with Crippen LogP contribution in [0.15, 0.2) is 0 Å². The van der Waals surface area contributed by atoms with E-state index in [1.807, 2.05) is 6.07 Å². The maximum absolute atomic E-state index is 11.2. The molecule has 3 N–H and O–H groups in total. The Morgan fingerprint density at radius 1 is 1.69 bits per heavy atom. The van der Waals surface area contributed by atoms with E-state index in [9.17, 15) is 4.79 Å². The Labute approximate surface area is 79.1 Å². The molecular weight excluding hydrogens is 166 g/mol. The second-order valence-electron chi connectivity index (χ2n) is 2.95. The standard InChI is InChI=1S/C9H17N3O/c1-2-3-5-8(11)9(13)12-7-4-6-10/h8H,2-5,7,11H2,1H3,(H,12,13). The number of nitrogens with one attached hydrogen (secondary N) is 1. The van der Waals surface area contributed by atoms with Crippen LogP contribution in [0.1, 0.15) is 32.6 Å². The van der Waals surface area contributed by atoms with Crippen LogP contribution in [0.25, 0.3) is 0 Å². The lowest BCUT2D eigenvalue weighted by atomic mass is 10.1. The Morgan fingerprint density at radius 3 is 2.92 bits per heavy atom. The van der Waals surface area contributed by atoms with Crippen molar-refractivity contribution in [3.63, 3.8) is 0 Å². The maximum atomic E-state index is 11.2. The molecule has 0 aromatic heterocycles. The molecule has 4 nitrogen and oxygen atoms in total. The monoisotopic (exact) mass is 183 g/mol. The quantitative estimate of drug-likeness (QED) is 0.590. The van der Waals surface area contributed by atoms with Crippen molar-refractivity contribution in [3.05, 3.63) is 0 Å². The summed E-state index contributed by atoms with van der Waals surface area (Å²) >= 11 is 0. The molecule has 1 amide bonds. The second-order valence-corrected chi connectivity index (χ2v) is 2.95. The van der Waals surface area contributed by atoms with E-state index in [0.717, 1.165) is 19.3 Å². The van der Waals surface area contributed by atoms with E-state index in [4.69, 9.17) is 11.0 Å². The number of nitrogens with zero attached hydrogens (tertiary/aromatic N) is 1. The zero-order valence-corrected chi connectivity index (χ0v) is 8.05. The topological polar surface area (TPSA) is 78.9 Å². The van der Waals surface area contributed by atoms with Crippen molar-refractivity contribution in [3.8, 4) is 6.07 Å². The SMILES string of the molecule is CCCCC(N)C(=O)NCCC#N. The summed E-state index contributed by atoms with van der Waals surface area (Å²) in [5.74, 6) is -0.149. The maximum Gasteiger partial charge on any atom is 0.236 e. The first-order valence-electron chi connectivity index (χ1n) is 4.62. The summed E-state index contributed by atoms with van der Waals surface area (Å²) in [5.41, 5.74) is 5.59. The van der Waals surface area contributed by atoms with E-state index in [2.05, 4.69) is 12.2 Å². The third-order valence-electron chi connectivity index (χ3n) is 1.74. The van der Waals surface area contributed by atoms with E-state index in [1.165, 1.54) is 0 Å². The van der Waals surface area contributed by atoms with Crippen molar-refractivity contribution in [2.24, 2.45) is 5.73 Å². The molecule has 0 aromatic rings. The number of hydrogen-bond donors (Lipinski definition) is 2. The lowest BCUT2D eigenvalue weighted by molar-refractivity contribution is -0.122.